The third-order valence-electron chi connectivity index (χ3n) is 9.16. The summed E-state index contributed by atoms with van der Waals surface area (Å²) in [6, 6.07) is 0. The summed E-state index contributed by atoms with van der Waals surface area (Å²) in [6.45, 7) is 11.7. The summed E-state index contributed by atoms with van der Waals surface area (Å²) in [5, 5.41) is 5.26. The zero-order valence-corrected chi connectivity index (χ0v) is 26.0. The van der Waals surface area contributed by atoms with Gasteiger partial charge in [0.2, 0.25) is 0 Å². The minimum Gasteiger partial charge on any atom is -0.232 e. The summed E-state index contributed by atoms with van der Waals surface area (Å²) < 4.78 is 0. The molecule has 0 aromatic rings. The lowest BCUT2D eigenvalue weighted by molar-refractivity contribution is 0.304. The Balaban J connectivity index is 1.73. The predicted molar refractivity (Wildman–Crippen MR) is 163 cm³/mol. The van der Waals surface area contributed by atoms with E-state index in [1.165, 1.54) is 174 Å². The average molecular weight is 521 g/mol. The van der Waals surface area contributed by atoms with Crippen LogP contribution in [0.5, 0.6) is 0 Å². The minimum absolute atomic E-state index is 0.334. The molecule has 2 aliphatic heterocycles. The summed E-state index contributed by atoms with van der Waals surface area (Å²) in [5.74, 6) is 0. The number of nitrogens with zero attached hydrogens (tertiary/aromatic N) is 2. The monoisotopic (exact) mass is 521 g/mol. The maximum Gasteiger partial charge on any atom is 0.0974 e. The van der Waals surface area contributed by atoms with Crippen LogP contribution in [0.1, 0.15) is 188 Å². The highest BCUT2D eigenvalue weighted by Gasteiger charge is 2.51. The molecule has 2 heterocycles. The van der Waals surface area contributed by atoms with Gasteiger partial charge in [0.25, 0.3) is 0 Å². The topological polar surface area (TPSA) is 49.9 Å². The van der Waals surface area contributed by atoms with Gasteiger partial charge in [-0.25, -0.2) is 20.9 Å². The Bertz CT molecular complexity index is 462. The van der Waals surface area contributed by atoms with Crippen LogP contribution >= 0.6 is 0 Å². The highest BCUT2D eigenvalue weighted by Crippen LogP contribution is 2.39. The fourth-order valence-corrected chi connectivity index (χ4v) is 6.48. The number of hydrazine groups is 2. The SMILES string of the molecule is CCCCCCCC1(CCCCCCC)NN1CCCN1NC1(CCCCCCC)CCCCCCC. The van der Waals surface area contributed by atoms with Crippen molar-refractivity contribution in [2.45, 2.75) is 200 Å². The molecule has 4 heteroatoms. The van der Waals surface area contributed by atoms with Crippen LogP contribution < -0.4 is 10.9 Å². The maximum atomic E-state index is 3.88. The fourth-order valence-electron chi connectivity index (χ4n) is 6.48. The summed E-state index contributed by atoms with van der Waals surface area (Å²) in [5.41, 5.74) is 8.43. The molecule has 0 aromatic carbocycles. The van der Waals surface area contributed by atoms with Gasteiger partial charge in [-0.05, 0) is 32.1 Å². The highest BCUT2D eigenvalue weighted by atomic mass is 15.8. The Morgan fingerprint density at radius 1 is 0.351 bits per heavy atom. The van der Waals surface area contributed by atoms with Gasteiger partial charge in [0.15, 0.2) is 0 Å². The van der Waals surface area contributed by atoms with Crippen LogP contribution in [0.3, 0.4) is 0 Å². The Hall–Kier alpha value is -0.160. The van der Waals surface area contributed by atoms with Gasteiger partial charge in [0.1, 0.15) is 0 Å². The standard InChI is InChI=1S/C33H68N4/c1-5-9-13-17-21-26-32(27-22-18-14-10-6-2)34-36(32)30-25-31-37-33(35-37,28-23-19-15-11-7-3)29-24-20-16-12-8-4/h34-35H,5-31H2,1-4H3. The van der Waals surface area contributed by atoms with Gasteiger partial charge in [-0.2, -0.15) is 0 Å². The van der Waals surface area contributed by atoms with E-state index in [2.05, 4.69) is 48.6 Å². The highest BCUT2D eigenvalue weighted by molar-refractivity contribution is 5.00. The van der Waals surface area contributed by atoms with Gasteiger partial charge in [-0.3, -0.25) is 0 Å². The van der Waals surface area contributed by atoms with Gasteiger partial charge < -0.3 is 0 Å². The maximum absolute atomic E-state index is 3.88. The second-order valence-corrected chi connectivity index (χ2v) is 12.6. The zero-order chi connectivity index (χ0) is 26.7. The third kappa shape index (κ3) is 13.2. The largest absolute Gasteiger partial charge is 0.232 e. The van der Waals surface area contributed by atoms with Crippen LogP contribution in [-0.4, -0.2) is 34.4 Å². The molecule has 0 amide bonds. The van der Waals surface area contributed by atoms with Crippen molar-refractivity contribution >= 4 is 0 Å². The van der Waals surface area contributed by atoms with Crippen molar-refractivity contribution in [3.63, 3.8) is 0 Å². The average Bonchev–Trinajstić information content (AvgIpc) is 3.79. The molecule has 2 atom stereocenters. The van der Waals surface area contributed by atoms with E-state index in [-0.39, 0.29) is 0 Å². The fraction of sp³-hybridized carbons (Fsp3) is 1.00. The van der Waals surface area contributed by atoms with Crippen molar-refractivity contribution in [1.82, 2.24) is 20.9 Å². The van der Waals surface area contributed by atoms with Crippen LogP contribution in [0.4, 0.5) is 0 Å². The van der Waals surface area contributed by atoms with Crippen molar-refractivity contribution in [2.75, 3.05) is 13.1 Å². The van der Waals surface area contributed by atoms with E-state index in [4.69, 9.17) is 0 Å². The van der Waals surface area contributed by atoms with E-state index in [0.29, 0.717) is 11.3 Å². The zero-order valence-electron chi connectivity index (χ0n) is 26.0. The molecule has 0 bridgehead atoms. The first-order valence-corrected chi connectivity index (χ1v) is 17.3. The van der Waals surface area contributed by atoms with E-state index >= 15 is 0 Å². The van der Waals surface area contributed by atoms with E-state index in [1.807, 2.05) is 0 Å². The van der Waals surface area contributed by atoms with Crippen molar-refractivity contribution in [3.8, 4) is 0 Å². The minimum atomic E-state index is 0.334. The summed E-state index contributed by atoms with van der Waals surface area (Å²) >= 11 is 0. The van der Waals surface area contributed by atoms with Gasteiger partial charge in [0.05, 0.1) is 11.3 Å². The van der Waals surface area contributed by atoms with E-state index in [1.54, 1.807) is 0 Å². The van der Waals surface area contributed by atoms with E-state index in [0.717, 1.165) is 0 Å². The normalized spacial score (nSPS) is 21.4. The van der Waals surface area contributed by atoms with Gasteiger partial charge in [-0.1, -0.05) is 156 Å². The molecular formula is C33H68N4. The molecule has 2 fully saturated rings. The van der Waals surface area contributed by atoms with Crippen LogP contribution in [-0.2, 0) is 0 Å². The summed E-state index contributed by atoms with van der Waals surface area (Å²) in [6.07, 6.45) is 34.6. The quantitative estimate of drug-likeness (QED) is 0.0796. The molecule has 2 unspecified atom stereocenters. The van der Waals surface area contributed by atoms with E-state index in [9.17, 15) is 0 Å². The molecule has 2 saturated heterocycles. The van der Waals surface area contributed by atoms with Gasteiger partial charge in [0, 0.05) is 13.1 Å². The molecule has 0 saturated carbocycles. The predicted octanol–water partition coefficient (Wildman–Crippen LogP) is 9.85. The van der Waals surface area contributed by atoms with Crippen molar-refractivity contribution in [2.24, 2.45) is 0 Å². The molecule has 37 heavy (non-hydrogen) atoms. The molecule has 4 nitrogen and oxygen atoms in total. The number of nitrogens with one attached hydrogen (secondary N) is 2. The second-order valence-electron chi connectivity index (χ2n) is 12.6. The molecule has 2 rings (SSSR count). The molecular weight excluding hydrogens is 452 g/mol. The Labute approximate surface area is 233 Å². The summed E-state index contributed by atoms with van der Waals surface area (Å²) in [4.78, 5) is 0. The Morgan fingerprint density at radius 3 is 0.892 bits per heavy atom. The van der Waals surface area contributed by atoms with Gasteiger partial charge in [-0.15, -0.1) is 0 Å². The van der Waals surface area contributed by atoms with Crippen molar-refractivity contribution in [3.05, 3.63) is 0 Å². The van der Waals surface area contributed by atoms with Crippen LogP contribution in [0.2, 0.25) is 0 Å². The van der Waals surface area contributed by atoms with Crippen LogP contribution in [0, 0.1) is 0 Å². The van der Waals surface area contributed by atoms with Gasteiger partial charge >= 0.3 is 0 Å². The smallest absolute Gasteiger partial charge is 0.0974 e. The molecule has 0 spiro atoms. The molecule has 220 valence electrons. The molecule has 0 radical (unpaired) electrons. The Kier molecular flexibility index (Phi) is 17.7. The van der Waals surface area contributed by atoms with Crippen LogP contribution in [0.15, 0.2) is 0 Å². The third-order valence-corrected chi connectivity index (χ3v) is 9.16. The lowest BCUT2D eigenvalue weighted by atomic mass is 9.97. The molecule has 2 aliphatic rings. The van der Waals surface area contributed by atoms with E-state index < -0.39 is 0 Å². The first kappa shape index (κ1) is 33.0. The lowest BCUT2D eigenvalue weighted by Gasteiger charge is -2.17. The second kappa shape index (κ2) is 19.8. The van der Waals surface area contributed by atoms with Crippen molar-refractivity contribution < 1.29 is 0 Å². The summed E-state index contributed by atoms with van der Waals surface area (Å²) in [7, 11) is 0. The number of hydrogen-bond donors (Lipinski definition) is 2. The van der Waals surface area contributed by atoms with Crippen molar-refractivity contribution in [1.29, 1.82) is 0 Å². The first-order chi connectivity index (χ1) is 18.2. The number of hydrogen-bond acceptors (Lipinski definition) is 4. The molecule has 0 aromatic heterocycles. The number of unbranched alkanes of at least 4 members (excludes halogenated alkanes) is 16. The first-order valence-electron chi connectivity index (χ1n) is 17.3. The number of rotatable bonds is 28. The van der Waals surface area contributed by atoms with Crippen LogP contribution in [0.25, 0.3) is 0 Å². The lowest BCUT2D eigenvalue weighted by Crippen LogP contribution is -2.23. The Morgan fingerprint density at radius 2 is 0.622 bits per heavy atom. The molecule has 2 N–H and O–H groups in total. The molecule has 0 aliphatic carbocycles.